The molecule has 0 saturated heterocycles. The Morgan fingerprint density at radius 1 is 1.53 bits per heavy atom. The normalized spacial score (nSPS) is 11.5. The summed E-state index contributed by atoms with van der Waals surface area (Å²) in [5.74, 6) is 6.34. The Labute approximate surface area is 95.4 Å². The van der Waals surface area contributed by atoms with Gasteiger partial charge in [0.25, 0.3) is 0 Å². The summed E-state index contributed by atoms with van der Waals surface area (Å²) >= 11 is 5.88. The van der Waals surface area contributed by atoms with Gasteiger partial charge in [-0.3, -0.25) is 0 Å². The topological polar surface area (TPSA) is 35.2 Å². The molecule has 0 heterocycles. The van der Waals surface area contributed by atoms with Crippen LogP contribution in [0.15, 0.2) is 18.2 Å². The van der Waals surface area contributed by atoms with E-state index in [2.05, 4.69) is 11.8 Å². The number of ether oxygens (including phenoxy) is 1. The standard InChI is InChI=1S/C12H14ClNO/c1-3-4-7-15-12-6-5-10(13)8-11(12)9(2)14/h5-6,8-9H,7,14H2,1-2H3. The third-order valence-corrected chi connectivity index (χ3v) is 2.17. The molecule has 1 aromatic carbocycles. The Hall–Kier alpha value is -1.17. The molecule has 15 heavy (non-hydrogen) atoms. The molecule has 0 aliphatic carbocycles. The van der Waals surface area contributed by atoms with Crippen LogP contribution in [-0.4, -0.2) is 6.61 Å². The zero-order chi connectivity index (χ0) is 11.3. The summed E-state index contributed by atoms with van der Waals surface area (Å²) in [5, 5.41) is 0.663. The first-order chi connectivity index (χ1) is 7.15. The minimum atomic E-state index is -0.103. The van der Waals surface area contributed by atoms with Crippen LogP contribution in [0.25, 0.3) is 0 Å². The molecule has 0 radical (unpaired) electrons. The van der Waals surface area contributed by atoms with Crippen LogP contribution in [0.1, 0.15) is 25.5 Å². The first-order valence-corrected chi connectivity index (χ1v) is 5.10. The Morgan fingerprint density at radius 2 is 2.27 bits per heavy atom. The first-order valence-electron chi connectivity index (χ1n) is 4.72. The van der Waals surface area contributed by atoms with E-state index in [1.54, 1.807) is 13.0 Å². The first kappa shape index (κ1) is 11.9. The predicted octanol–water partition coefficient (Wildman–Crippen LogP) is 2.76. The maximum Gasteiger partial charge on any atom is 0.149 e. The van der Waals surface area contributed by atoms with Gasteiger partial charge in [0, 0.05) is 16.6 Å². The number of nitrogens with two attached hydrogens (primary N) is 1. The van der Waals surface area contributed by atoms with Crippen LogP contribution in [0.5, 0.6) is 5.75 Å². The fourth-order valence-electron chi connectivity index (χ4n) is 1.19. The van der Waals surface area contributed by atoms with Gasteiger partial charge in [0.2, 0.25) is 0 Å². The van der Waals surface area contributed by atoms with Gasteiger partial charge in [-0.15, -0.1) is 5.92 Å². The van der Waals surface area contributed by atoms with Gasteiger partial charge in [-0.2, -0.15) is 0 Å². The van der Waals surface area contributed by atoms with Gasteiger partial charge in [-0.25, -0.2) is 0 Å². The minimum absolute atomic E-state index is 0.103. The average Bonchev–Trinajstić information content (AvgIpc) is 2.20. The maximum absolute atomic E-state index is 5.88. The van der Waals surface area contributed by atoms with E-state index >= 15 is 0 Å². The highest BCUT2D eigenvalue weighted by Gasteiger charge is 2.08. The molecular formula is C12H14ClNO. The smallest absolute Gasteiger partial charge is 0.149 e. The Morgan fingerprint density at radius 3 is 2.87 bits per heavy atom. The van der Waals surface area contributed by atoms with Gasteiger partial charge >= 0.3 is 0 Å². The van der Waals surface area contributed by atoms with Crippen LogP contribution in [0, 0.1) is 11.8 Å². The van der Waals surface area contributed by atoms with Crippen molar-refractivity contribution < 1.29 is 4.74 Å². The number of hydrogen-bond donors (Lipinski definition) is 1. The van der Waals surface area contributed by atoms with Crippen LogP contribution in [0.4, 0.5) is 0 Å². The molecule has 0 aliphatic heterocycles. The molecule has 2 nitrogen and oxygen atoms in total. The quantitative estimate of drug-likeness (QED) is 0.800. The number of halogens is 1. The monoisotopic (exact) mass is 223 g/mol. The molecule has 1 aromatic rings. The molecule has 0 aliphatic rings. The lowest BCUT2D eigenvalue weighted by atomic mass is 10.1. The summed E-state index contributed by atoms with van der Waals surface area (Å²) in [5.41, 5.74) is 6.72. The van der Waals surface area contributed by atoms with Crippen LogP contribution >= 0.6 is 11.6 Å². The van der Waals surface area contributed by atoms with Crippen molar-refractivity contribution in [3.05, 3.63) is 28.8 Å². The van der Waals surface area contributed by atoms with Gasteiger partial charge in [-0.1, -0.05) is 17.5 Å². The zero-order valence-electron chi connectivity index (χ0n) is 8.88. The lowest BCUT2D eigenvalue weighted by Crippen LogP contribution is -2.08. The minimum Gasteiger partial charge on any atom is -0.481 e. The van der Waals surface area contributed by atoms with Crippen LogP contribution < -0.4 is 10.5 Å². The fraction of sp³-hybridized carbons (Fsp3) is 0.333. The molecule has 0 saturated carbocycles. The number of benzene rings is 1. The molecule has 80 valence electrons. The highest BCUT2D eigenvalue weighted by Crippen LogP contribution is 2.26. The molecule has 1 atom stereocenters. The lowest BCUT2D eigenvalue weighted by molar-refractivity contribution is 0.364. The average molecular weight is 224 g/mol. The van der Waals surface area contributed by atoms with Gasteiger partial charge < -0.3 is 10.5 Å². The molecule has 2 N–H and O–H groups in total. The third-order valence-electron chi connectivity index (χ3n) is 1.94. The number of hydrogen-bond acceptors (Lipinski definition) is 2. The summed E-state index contributed by atoms with van der Waals surface area (Å²) < 4.78 is 5.48. The molecule has 0 fully saturated rings. The van der Waals surface area contributed by atoms with Crippen LogP contribution in [0.3, 0.4) is 0 Å². The largest absolute Gasteiger partial charge is 0.481 e. The summed E-state index contributed by atoms with van der Waals surface area (Å²) in [6.45, 7) is 4.04. The lowest BCUT2D eigenvalue weighted by Gasteiger charge is -2.12. The predicted molar refractivity (Wildman–Crippen MR) is 63.0 cm³/mol. The summed E-state index contributed by atoms with van der Waals surface area (Å²) in [7, 11) is 0. The Kier molecular flexibility index (Phi) is 4.48. The molecule has 0 spiro atoms. The fourth-order valence-corrected chi connectivity index (χ4v) is 1.37. The highest BCUT2D eigenvalue weighted by molar-refractivity contribution is 6.30. The molecule has 3 heteroatoms. The Bertz CT molecular complexity index is 390. The van der Waals surface area contributed by atoms with E-state index in [-0.39, 0.29) is 6.04 Å². The maximum atomic E-state index is 5.88. The summed E-state index contributed by atoms with van der Waals surface area (Å²) in [4.78, 5) is 0. The Balaban J connectivity index is 2.89. The summed E-state index contributed by atoms with van der Waals surface area (Å²) in [6, 6.07) is 5.31. The third kappa shape index (κ3) is 3.47. The molecule has 0 amide bonds. The van der Waals surface area contributed by atoms with E-state index in [0.717, 1.165) is 11.3 Å². The molecule has 1 rings (SSSR count). The molecule has 0 aromatic heterocycles. The second-order valence-corrected chi connectivity index (χ2v) is 3.62. The van der Waals surface area contributed by atoms with Gasteiger partial charge in [0.05, 0.1) is 0 Å². The van der Waals surface area contributed by atoms with Crippen molar-refractivity contribution in [2.24, 2.45) is 5.73 Å². The van der Waals surface area contributed by atoms with Crippen molar-refractivity contribution in [1.82, 2.24) is 0 Å². The van der Waals surface area contributed by atoms with E-state index in [4.69, 9.17) is 22.1 Å². The van der Waals surface area contributed by atoms with Crippen molar-refractivity contribution in [3.8, 4) is 17.6 Å². The van der Waals surface area contributed by atoms with E-state index < -0.39 is 0 Å². The number of rotatable bonds is 3. The van der Waals surface area contributed by atoms with Crippen LogP contribution in [0.2, 0.25) is 5.02 Å². The van der Waals surface area contributed by atoms with Gasteiger partial charge in [0.1, 0.15) is 12.4 Å². The molecule has 1 unspecified atom stereocenters. The highest BCUT2D eigenvalue weighted by atomic mass is 35.5. The van der Waals surface area contributed by atoms with Crippen LogP contribution in [-0.2, 0) is 0 Å². The zero-order valence-corrected chi connectivity index (χ0v) is 9.64. The molecular weight excluding hydrogens is 210 g/mol. The van der Waals surface area contributed by atoms with Crippen molar-refractivity contribution in [2.45, 2.75) is 19.9 Å². The second kappa shape index (κ2) is 5.65. The van der Waals surface area contributed by atoms with E-state index in [9.17, 15) is 0 Å². The van der Waals surface area contributed by atoms with Crippen molar-refractivity contribution in [3.63, 3.8) is 0 Å². The van der Waals surface area contributed by atoms with Crippen molar-refractivity contribution in [1.29, 1.82) is 0 Å². The van der Waals surface area contributed by atoms with Crippen molar-refractivity contribution >= 4 is 11.6 Å². The molecule has 0 bridgehead atoms. The van der Waals surface area contributed by atoms with Crippen molar-refractivity contribution in [2.75, 3.05) is 6.61 Å². The van der Waals surface area contributed by atoms with Gasteiger partial charge in [-0.05, 0) is 32.0 Å². The van der Waals surface area contributed by atoms with Gasteiger partial charge in [0.15, 0.2) is 0 Å². The van der Waals surface area contributed by atoms with E-state index in [1.807, 2.05) is 19.1 Å². The second-order valence-electron chi connectivity index (χ2n) is 3.19. The van der Waals surface area contributed by atoms with E-state index in [0.29, 0.717) is 11.6 Å². The van der Waals surface area contributed by atoms with E-state index in [1.165, 1.54) is 0 Å². The SMILES string of the molecule is CC#CCOc1ccc(Cl)cc1C(C)N. The summed E-state index contributed by atoms with van der Waals surface area (Å²) in [6.07, 6.45) is 0.